The Bertz CT molecular complexity index is 785. The Labute approximate surface area is 166 Å². The monoisotopic (exact) mass is 382 g/mol. The molecule has 150 valence electrons. The van der Waals surface area contributed by atoms with Crippen LogP contribution in [0.2, 0.25) is 0 Å². The highest BCUT2D eigenvalue weighted by atomic mass is 16.2. The molecule has 1 saturated heterocycles. The minimum absolute atomic E-state index is 0.0849. The van der Waals surface area contributed by atoms with Crippen molar-refractivity contribution in [3.05, 3.63) is 53.3 Å². The number of benzene rings is 1. The van der Waals surface area contributed by atoms with Crippen molar-refractivity contribution in [3.8, 4) is 0 Å². The normalized spacial score (nSPS) is 14.8. The highest BCUT2D eigenvalue weighted by Crippen LogP contribution is 2.13. The number of aromatic nitrogens is 2. The molecular weight excluding hydrogens is 352 g/mol. The van der Waals surface area contributed by atoms with Gasteiger partial charge in [0.25, 0.3) is 5.91 Å². The van der Waals surface area contributed by atoms with E-state index in [0.29, 0.717) is 31.6 Å². The van der Waals surface area contributed by atoms with Crippen LogP contribution in [-0.4, -0.2) is 46.1 Å². The third-order valence-corrected chi connectivity index (χ3v) is 5.27. The molecule has 0 bridgehead atoms. The number of carbonyl (C=O) groups is 2. The van der Waals surface area contributed by atoms with Crippen LogP contribution in [0.5, 0.6) is 0 Å². The summed E-state index contributed by atoms with van der Waals surface area (Å²) in [4.78, 5) is 26.6. The Kier molecular flexibility index (Phi) is 7.23. The van der Waals surface area contributed by atoms with Crippen LogP contribution in [0.25, 0.3) is 0 Å². The standard InChI is InChI=1S/C22H30N4O2/c1-2-20-19(16-24-26(20)17-18-10-5-3-6-11-18)22(28)23-13-9-15-25-14-8-4-7-12-21(25)27/h3,5-6,10-11,16H,2,4,7-9,12-15,17H2,1H3,(H,23,28). The molecule has 1 aromatic carbocycles. The summed E-state index contributed by atoms with van der Waals surface area (Å²) in [7, 11) is 0. The lowest BCUT2D eigenvalue weighted by atomic mass is 10.1. The maximum Gasteiger partial charge on any atom is 0.254 e. The van der Waals surface area contributed by atoms with Crippen molar-refractivity contribution in [2.45, 2.75) is 52.0 Å². The summed E-state index contributed by atoms with van der Waals surface area (Å²) in [5, 5.41) is 7.42. The van der Waals surface area contributed by atoms with E-state index in [1.165, 1.54) is 0 Å². The highest BCUT2D eigenvalue weighted by Gasteiger charge is 2.18. The van der Waals surface area contributed by atoms with Gasteiger partial charge in [0.2, 0.25) is 5.91 Å². The molecule has 6 heteroatoms. The molecule has 28 heavy (non-hydrogen) atoms. The number of carbonyl (C=O) groups excluding carboxylic acids is 2. The van der Waals surface area contributed by atoms with Crippen LogP contribution in [0.4, 0.5) is 0 Å². The van der Waals surface area contributed by atoms with Gasteiger partial charge in [-0.25, -0.2) is 0 Å². The maximum absolute atomic E-state index is 12.6. The van der Waals surface area contributed by atoms with E-state index in [1.54, 1.807) is 6.20 Å². The molecule has 1 fully saturated rings. The molecule has 3 rings (SSSR count). The van der Waals surface area contributed by atoms with Crippen LogP contribution >= 0.6 is 0 Å². The summed E-state index contributed by atoms with van der Waals surface area (Å²) < 4.78 is 1.90. The van der Waals surface area contributed by atoms with Crippen molar-refractivity contribution in [2.75, 3.05) is 19.6 Å². The van der Waals surface area contributed by atoms with Crippen LogP contribution in [0.3, 0.4) is 0 Å². The predicted molar refractivity (Wildman–Crippen MR) is 109 cm³/mol. The zero-order chi connectivity index (χ0) is 19.8. The van der Waals surface area contributed by atoms with Gasteiger partial charge in [-0.15, -0.1) is 0 Å². The lowest BCUT2D eigenvalue weighted by Crippen LogP contribution is -2.34. The lowest BCUT2D eigenvalue weighted by Gasteiger charge is -2.20. The van der Waals surface area contributed by atoms with Crippen LogP contribution in [0.15, 0.2) is 36.5 Å². The van der Waals surface area contributed by atoms with Gasteiger partial charge in [-0.2, -0.15) is 5.10 Å². The van der Waals surface area contributed by atoms with Gasteiger partial charge in [0.15, 0.2) is 0 Å². The maximum atomic E-state index is 12.6. The Balaban J connectivity index is 1.52. The molecular formula is C22H30N4O2. The van der Waals surface area contributed by atoms with Crippen LogP contribution < -0.4 is 5.32 Å². The molecule has 2 amide bonds. The number of nitrogens with one attached hydrogen (secondary N) is 1. The summed E-state index contributed by atoms with van der Waals surface area (Å²) in [6.07, 6.45) is 7.06. The first-order valence-electron chi connectivity index (χ1n) is 10.3. The Morgan fingerprint density at radius 3 is 2.79 bits per heavy atom. The van der Waals surface area contributed by atoms with Gasteiger partial charge < -0.3 is 10.2 Å². The second-order valence-electron chi connectivity index (χ2n) is 7.30. The number of hydrogen-bond acceptors (Lipinski definition) is 3. The van der Waals surface area contributed by atoms with Crippen molar-refractivity contribution in [1.82, 2.24) is 20.0 Å². The molecule has 0 unspecified atom stereocenters. The van der Waals surface area contributed by atoms with Crippen LogP contribution in [0.1, 0.15) is 60.6 Å². The Hall–Kier alpha value is -2.63. The summed E-state index contributed by atoms with van der Waals surface area (Å²) in [5.41, 5.74) is 2.75. The van der Waals surface area contributed by atoms with E-state index >= 15 is 0 Å². The second-order valence-corrected chi connectivity index (χ2v) is 7.30. The zero-order valence-electron chi connectivity index (χ0n) is 16.7. The van der Waals surface area contributed by atoms with Gasteiger partial charge in [-0.1, -0.05) is 43.7 Å². The first-order valence-corrected chi connectivity index (χ1v) is 10.3. The molecule has 0 radical (unpaired) electrons. The molecule has 2 aromatic rings. The van der Waals surface area contributed by atoms with E-state index in [1.807, 2.05) is 34.7 Å². The molecule has 0 atom stereocenters. The van der Waals surface area contributed by atoms with Gasteiger partial charge >= 0.3 is 0 Å². The molecule has 1 aliphatic heterocycles. The van der Waals surface area contributed by atoms with E-state index in [0.717, 1.165) is 49.9 Å². The first-order chi connectivity index (χ1) is 13.7. The summed E-state index contributed by atoms with van der Waals surface area (Å²) in [6, 6.07) is 10.1. The van der Waals surface area contributed by atoms with Crippen LogP contribution in [-0.2, 0) is 17.8 Å². The fraction of sp³-hybridized carbons (Fsp3) is 0.500. The molecule has 6 nitrogen and oxygen atoms in total. The van der Waals surface area contributed by atoms with Gasteiger partial charge in [0, 0.05) is 26.1 Å². The molecule has 0 aliphatic carbocycles. The Morgan fingerprint density at radius 2 is 2.00 bits per heavy atom. The number of nitrogens with zero attached hydrogens (tertiary/aromatic N) is 3. The van der Waals surface area contributed by atoms with E-state index in [9.17, 15) is 9.59 Å². The van der Waals surface area contributed by atoms with Crippen LogP contribution in [0, 0.1) is 0 Å². The molecule has 1 aromatic heterocycles. The van der Waals surface area contributed by atoms with Gasteiger partial charge in [-0.3, -0.25) is 14.3 Å². The molecule has 0 spiro atoms. The van der Waals surface area contributed by atoms with Crippen molar-refractivity contribution in [2.24, 2.45) is 0 Å². The second kappa shape index (κ2) is 10.1. The molecule has 2 heterocycles. The number of likely N-dealkylation sites (tertiary alicyclic amines) is 1. The zero-order valence-corrected chi connectivity index (χ0v) is 16.7. The quantitative estimate of drug-likeness (QED) is 0.714. The average Bonchev–Trinajstić information content (AvgIpc) is 3.00. The third kappa shape index (κ3) is 5.21. The highest BCUT2D eigenvalue weighted by molar-refractivity contribution is 5.95. The van der Waals surface area contributed by atoms with Crippen molar-refractivity contribution in [3.63, 3.8) is 0 Å². The van der Waals surface area contributed by atoms with E-state index in [-0.39, 0.29) is 11.8 Å². The fourth-order valence-electron chi connectivity index (χ4n) is 3.71. The summed E-state index contributed by atoms with van der Waals surface area (Å²) >= 11 is 0. The minimum Gasteiger partial charge on any atom is -0.352 e. The smallest absolute Gasteiger partial charge is 0.254 e. The van der Waals surface area contributed by atoms with Crippen molar-refractivity contribution in [1.29, 1.82) is 0 Å². The average molecular weight is 383 g/mol. The number of hydrogen-bond donors (Lipinski definition) is 1. The van der Waals surface area contributed by atoms with E-state index < -0.39 is 0 Å². The predicted octanol–water partition coefficient (Wildman–Crippen LogP) is 3.02. The summed E-state index contributed by atoms with van der Waals surface area (Å²) in [5.74, 6) is 0.164. The van der Waals surface area contributed by atoms with E-state index in [2.05, 4.69) is 22.5 Å². The number of amides is 2. The van der Waals surface area contributed by atoms with Crippen molar-refractivity contribution < 1.29 is 9.59 Å². The molecule has 1 N–H and O–H groups in total. The number of rotatable bonds is 8. The topological polar surface area (TPSA) is 67.2 Å². The minimum atomic E-state index is -0.0849. The van der Waals surface area contributed by atoms with Gasteiger partial charge in [-0.05, 0) is 31.2 Å². The van der Waals surface area contributed by atoms with E-state index in [4.69, 9.17) is 0 Å². The largest absolute Gasteiger partial charge is 0.352 e. The van der Waals surface area contributed by atoms with Crippen molar-refractivity contribution >= 4 is 11.8 Å². The third-order valence-electron chi connectivity index (χ3n) is 5.27. The lowest BCUT2D eigenvalue weighted by molar-refractivity contribution is -0.130. The SMILES string of the molecule is CCc1c(C(=O)NCCCN2CCCCCC2=O)cnn1Cc1ccccc1. The fourth-order valence-corrected chi connectivity index (χ4v) is 3.71. The first kappa shape index (κ1) is 20.1. The Morgan fingerprint density at radius 1 is 1.18 bits per heavy atom. The van der Waals surface area contributed by atoms with Gasteiger partial charge in [0.1, 0.15) is 0 Å². The molecule has 1 aliphatic rings. The van der Waals surface area contributed by atoms with Gasteiger partial charge in [0.05, 0.1) is 24.0 Å². The summed E-state index contributed by atoms with van der Waals surface area (Å²) in [6.45, 7) is 4.83. The molecule has 0 saturated carbocycles.